The molecule has 0 radical (unpaired) electrons. The Labute approximate surface area is 271 Å². The molecule has 5 heteroatoms. The molecule has 0 aromatic heterocycles. The summed E-state index contributed by atoms with van der Waals surface area (Å²) in [7, 11) is 0. The van der Waals surface area contributed by atoms with E-state index in [-0.39, 0.29) is 11.5 Å². The van der Waals surface area contributed by atoms with Gasteiger partial charge >= 0.3 is 6.16 Å². The molecule has 8 atom stereocenters. The number of allylic oxidation sites excluding steroid dienone is 1. The molecule has 0 amide bonds. The predicted molar refractivity (Wildman–Crippen MR) is 181 cm³/mol. The fourth-order valence-corrected chi connectivity index (χ4v) is 10.2. The van der Waals surface area contributed by atoms with E-state index < -0.39 is 6.16 Å². The van der Waals surface area contributed by atoms with E-state index in [1.165, 1.54) is 56.9 Å². The van der Waals surface area contributed by atoms with Crippen molar-refractivity contribution in [3.8, 4) is 5.75 Å². The summed E-state index contributed by atoms with van der Waals surface area (Å²) in [4.78, 5) is 12.8. The van der Waals surface area contributed by atoms with Gasteiger partial charge in [-0.15, -0.1) is 0 Å². The third-order valence-electron chi connectivity index (χ3n) is 12.6. The SMILES string of the molecule is CC(C)CCC[C@@H](C)[C@H]1CCC2C3CC=C4CC(OC(=O)Oc5ccc(N=Nc6ccccc6)cc5)CC[C@]4(C)C3CC[C@@]21C. The maximum Gasteiger partial charge on any atom is 0.514 e. The molecular weight excluding hydrogens is 556 g/mol. The Morgan fingerprint density at radius 3 is 2.33 bits per heavy atom. The molecule has 0 saturated heterocycles. The van der Waals surface area contributed by atoms with Crippen LogP contribution >= 0.6 is 0 Å². The Balaban J connectivity index is 1.03. The summed E-state index contributed by atoms with van der Waals surface area (Å²) in [6.07, 6.45) is 15.6. The van der Waals surface area contributed by atoms with Gasteiger partial charge in [-0.1, -0.05) is 83.7 Å². The Bertz CT molecular complexity index is 1370. The van der Waals surface area contributed by atoms with Crippen molar-refractivity contribution < 1.29 is 14.3 Å². The van der Waals surface area contributed by atoms with Crippen LogP contribution in [-0.2, 0) is 4.74 Å². The van der Waals surface area contributed by atoms with Crippen LogP contribution in [0.25, 0.3) is 0 Å². The number of ether oxygens (including phenoxy) is 2. The van der Waals surface area contributed by atoms with Crippen molar-refractivity contribution >= 4 is 17.5 Å². The van der Waals surface area contributed by atoms with Crippen molar-refractivity contribution in [2.45, 2.75) is 111 Å². The molecule has 5 nitrogen and oxygen atoms in total. The second kappa shape index (κ2) is 13.4. The Morgan fingerprint density at radius 1 is 0.867 bits per heavy atom. The molecule has 6 rings (SSSR count). The zero-order chi connectivity index (χ0) is 31.6. The second-order valence-corrected chi connectivity index (χ2v) is 15.7. The largest absolute Gasteiger partial charge is 0.514 e. The van der Waals surface area contributed by atoms with Gasteiger partial charge in [-0.25, -0.2) is 4.79 Å². The van der Waals surface area contributed by atoms with Crippen LogP contribution < -0.4 is 4.74 Å². The Kier molecular flexibility index (Phi) is 9.54. The lowest BCUT2D eigenvalue weighted by Crippen LogP contribution is -2.51. The quantitative estimate of drug-likeness (QED) is 0.123. The van der Waals surface area contributed by atoms with Gasteiger partial charge in [0.15, 0.2) is 0 Å². The zero-order valence-corrected chi connectivity index (χ0v) is 28.2. The number of fused-ring (bicyclic) bond motifs is 5. The van der Waals surface area contributed by atoms with E-state index in [0.29, 0.717) is 16.9 Å². The van der Waals surface area contributed by atoms with Gasteiger partial charge in [-0.2, -0.15) is 10.2 Å². The molecule has 0 spiro atoms. The van der Waals surface area contributed by atoms with Crippen LogP contribution in [0.1, 0.15) is 105 Å². The van der Waals surface area contributed by atoms with Crippen LogP contribution in [0.4, 0.5) is 16.2 Å². The predicted octanol–water partition coefficient (Wildman–Crippen LogP) is 12.0. The van der Waals surface area contributed by atoms with E-state index >= 15 is 0 Å². The molecule has 45 heavy (non-hydrogen) atoms. The molecule has 3 saturated carbocycles. The summed E-state index contributed by atoms with van der Waals surface area (Å²) in [6.45, 7) is 12.5. The van der Waals surface area contributed by atoms with E-state index in [4.69, 9.17) is 9.47 Å². The molecule has 0 N–H and O–H groups in total. The van der Waals surface area contributed by atoms with Gasteiger partial charge in [-0.3, -0.25) is 0 Å². The van der Waals surface area contributed by atoms with E-state index in [0.717, 1.165) is 60.5 Å². The van der Waals surface area contributed by atoms with Gasteiger partial charge < -0.3 is 9.47 Å². The summed E-state index contributed by atoms with van der Waals surface area (Å²) < 4.78 is 11.4. The summed E-state index contributed by atoms with van der Waals surface area (Å²) in [5.74, 6) is 5.43. The first kappa shape index (κ1) is 32.0. The lowest BCUT2D eigenvalue weighted by atomic mass is 9.47. The van der Waals surface area contributed by atoms with Gasteiger partial charge in [0.1, 0.15) is 11.9 Å². The van der Waals surface area contributed by atoms with Crippen molar-refractivity contribution in [2.75, 3.05) is 0 Å². The summed E-state index contributed by atoms with van der Waals surface area (Å²) in [6, 6.07) is 16.7. The molecule has 0 heterocycles. The van der Waals surface area contributed by atoms with E-state index in [1.807, 2.05) is 30.3 Å². The number of carbonyl (C=O) groups is 1. The molecule has 242 valence electrons. The lowest BCUT2D eigenvalue weighted by molar-refractivity contribution is -0.0597. The van der Waals surface area contributed by atoms with Crippen LogP contribution in [0, 0.1) is 46.3 Å². The number of nitrogens with zero attached hydrogens (tertiary/aromatic N) is 2. The smallest absolute Gasteiger partial charge is 0.430 e. The normalized spacial score (nSPS) is 33.2. The Morgan fingerprint density at radius 2 is 1.60 bits per heavy atom. The van der Waals surface area contributed by atoms with E-state index in [1.54, 1.807) is 24.3 Å². The minimum absolute atomic E-state index is 0.122. The van der Waals surface area contributed by atoms with Gasteiger partial charge in [0, 0.05) is 6.42 Å². The molecule has 2 aromatic carbocycles. The highest BCUT2D eigenvalue weighted by Gasteiger charge is 2.59. The maximum absolute atomic E-state index is 12.8. The summed E-state index contributed by atoms with van der Waals surface area (Å²) >= 11 is 0. The first-order valence-corrected chi connectivity index (χ1v) is 17.8. The minimum Gasteiger partial charge on any atom is -0.430 e. The van der Waals surface area contributed by atoms with Crippen LogP contribution in [0.2, 0.25) is 0 Å². The first-order valence-electron chi connectivity index (χ1n) is 17.8. The second-order valence-electron chi connectivity index (χ2n) is 15.7. The minimum atomic E-state index is -0.621. The maximum atomic E-state index is 12.8. The van der Waals surface area contributed by atoms with E-state index in [9.17, 15) is 4.79 Å². The van der Waals surface area contributed by atoms with Crippen molar-refractivity contribution in [3.63, 3.8) is 0 Å². The number of rotatable bonds is 9. The van der Waals surface area contributed by atoms with Gasteiger partial charge in [-0.05, 0) is 128 Å². The monoisotopic (exact) mass is 610 g/mol. The summed E-state index contributed by atoms with van der Waals surface area (Å²) in [5, 5.41) is 8.50. The molecule has 2 aromatic rings. The molecular formula is C40H54N2O3. The highest BCUT2D eigenvalue weighted by atomic mass is 16.7. The topological polar surface area (TPSA) is 60.2 Å². The number of azo groups is 1. The Hall–Kier alpha value is -2.95. The molecule has 4 aliphatic rings. The molecule has 0 bridgehead atoms. The number of hydrogen-bond donors (Lipinski definition) is 0. The molecule has 3 fully saturated rings. The van der Waals surface area contributed by atoms with Crippen LogP contribution in [0.3, 0.4) is 0 Å². The molecule has 4 unspecified atom stereocenters. The zero-order valence-electron chi connectivity index (χ0n) is 28.2. The lowest BCUT2D eigenvalue weighted by Gasteiger charge is -2.58. The third kappa shape index (κ3) is 6.79. The highest BCUT2D eigenvalue weighted by Crippen LogP contribution is 2.67. The number of hydrogen-bond acceptors (Lipinski definition) is 5. The van der Waals surface area contributed by atoms with Crippen LogP contribution in [0.5, 0.6) is 5.75 Å². The van der Waals surface area contributed by atoms with Crippen LogP contribution in [0.15, 0.2) is 76.5 Å². The van der Waals surface area contributed by atoms with Crippen molar-refractivity contribution in [2.24, 2.45) is 56.6 Å². The summed E-state index contributed by atoms with van der Waals surface area (Å²) in [5.41, 5.74) is 3.76. The molecule has 0 aliphatic heterocycles. The average Bonchev–Trinajstić information content (AvgIpc) is 3.38. The number of carbonyl (C=O) groups excluding carboxylic acids is 1. The fraction of sp³-hybridized carbons (Fsp3) is 0.625. The third-order valence-corrected chi connectivity index (χ3v) is 12.6. The fourth-order valence-electron chi connectivity index (χ4n) is 10.2. The van der Waals surface area contributed by atoms with Gasteiger partial charge in [0.25, 0.3) is 0 Å². The van der Waals surface area contributed by atoms with Crippen LogP contribution in [-0.4, -0.2) is 12.3 Å². The highest BCUT2D eigenvalue weighted by molar-refractivity contribution is 5.64. The average molecular weight is 611 g/mol. The van der Waals surface area contributed by atoms with Crippen molar-refractivity contribution in [3.05, 3.63) is 66.2 Å². The molecule has 4 aliphatic carbocycles. The van der Waals surface area contributed by atoms with E-state index in [2.05, 4.69) is 50.9 Å². The van der Waals surface area contributed by atoms with Gasteiger partial charge in [0.2, 0.25) is 0 Å². The van der Waals surface area contributed by atoms with Crippen molar-refractivity contribution in [1.82, 2.24) is 0 Å². The standard InChI is InChI=1S/C40H54N2O3/c1-27(2)10-9-11-28(3)35-20-21-36-34-19-14-29-26-33(22-24-39(29,4)37(34)23-25-40(35,36)5)45-38(43)44-32-17-15-31(16-18-32)42-41-30-12-7-6-8-13-30/h6-8,12-18,27-28,33-37H,9-11,19-26H2,1-5H3/t28-,33?,34?,35-,36?,37?,39+,40-/m1/s1. The van der Waals surface area contributed by atoms with Gasteiger partial charge in [0.05, 0.1) is 11.4 Å². The first-order chi connectivity index (χ1) is 21.7. The number of benzene rings is 2. The van der Waals surface area contributed by atoms with Crippen molar-refractivity contribution in [1.29, 1.82) is 0 Å².